The van der Waals surface area contributed by atoms with Gasteiger partial charge in [-0.3, -0.25) is 0 Å². The van der Waals surface area contributed by atoms with Crippen LogP contribution in [0.4, 0.5) is 5.82 Å². The first-order chi connectivity index (χ1) is 7.31. The summed E-state index contributed by atoms with van der Waals surface area (Å²) in [5, 5.41) is 3.29. The second-order valence-electron chi connectivity index (χ2n) is 3.35. The molecule has 0 aliphatic carbocycles. The second-order valence-corrected chi connectivity index (χ2v) is 4.16. The summed E-state index contributed by atoms with van der Waals surface area (Å²) < 4.78 is 2.76. The SMILES string of the molecule is CCCCNc1nc(Br)cn2ccnc12. The molecular weight excluding hydrogens is 256 g/mol. The first-order valence-electron chi connectivity index (χ1n) is 5.04. The van der Waals surface area contributed by atoms with E-state index < -0.39 is 0 Å². The molecule has 2 heterocycles. The number of nitrogens with zero attached hydrogens (tertiary/aromatic N) is 3. The van der Waals surface area contributed by atoms with E-state index >= 15 is 0 Å². The van der Waals surface area contributed by atoms with E-state index in [4.69, 9.17) is 0 Å². The Morgan fingerprint density at radius 2 is 2.40 bits per heavy atom. The first-order valence-corrected chi connectivity index (χ1v) is 5.83. The quantitative estimate of drug-likeness (QED) is 0.868. The first kappa shape index (κ1) is 10.4. The van der Waals surface area contributed by atoms with Gasteiger partial charge in [-0.15, -0.1) is 0 Å². The maximum Gasteiger partial charge on any atom is 0.180 e. The molecule has 1 N–H and O–H groups in total. The van der Waals surface area contributed by atoms with Crippen LogP contribution in [0.15, 0.2) is 23.2 Å². The van der Waals surface area contributed by atoms with Crippen LogP contribution in [0.3, 0.4) is 0 Å². The summed E-state index contributed by atoms with van der Waals surface area (Å²) in [5.41, 5.74) is 0.870. The fraction of sp³-hybridized carbons (Fsp3) is 0.400. The van der Waals surface area contributed by atoms with Crippen molar-refractivity contribution in [2.45, 2.75) is 19.8 Å². The molecule has 0 saturated heterocycles. The van der Waals surface area contributed by atoms with Crippen molar-refractivity contribution in [3.63, 3.8) is 0 Å². The van der Waals surface area contributed by atoms with Crippen LogP contribution < -0.4 is 5.32 Å². The van der Waals surface area contributed by atoms with E-state index in [1.54, 1.807) is 6.20 Å². The van der Waals surface area contributed by atoms with Gasteiger partial charge in [0.05, 0.1) is 0 Å². The van der Waals surface area contributed by atoms with E-state index in [9.17, 15) is 0 Å². The van der Waals surface area contributed by atoms with E-state index in [2.05, 4.69) is 38.1 Å². The van der Waals surface area contributed by atoms with Gasteiger partial charge in [-0.25, -0.2) is 9.97 Å². The van der Waals surface area contributed by atoms with Gasteiger partial charge in [0.15, 0.2) is 11.5 Å². The number of rotatable bonds is 4. The standard InChI is InChI=1S/C10H13BrN4/c1-2-3-4-12-9-10-13-5-6-15(10)7-8(11)14-9/h5-7H,2-4H2,1H3,(H,12,14). The maximum atomic E-state index is 4.37. The number of anilines is 1. The molecule has 0 radical (unpaired) electrons. The van der Waals surface area contributed by atoms with Crippen molar-refractivity contribution in [1.82, 2.24) is 14.4 Å². The van der Waals surface area contributed by atoms with Gasteiger partial charge in [-0.2, -0.15) is 0 Å². The molecule has 0 unspecified atom stereocenters. The third-order valence-corrected chi connectivity index (χ3v) is 2.55. The number of hydrogen-bond donors (Lipinski definition) is 1. The van der Waals surface area contributed by atoms with Crippen LogP contribution in [0, 0.1) is 0 Å². The Labute approximate surface area is 96.9 Å². The minimum Gasteiger partial charge on any atom is -0.367 e. The van der Waals surface area contributed by atoms with E-state index in [1.807, 2.05) is 16.8 Å². The van der Waals surface area contributed by atoms with Crippen LogP contribution in [0.5, 0.6) is 0 Å². The molecule has 0 spiro atoms. The number of aromatic nitrogens is 3. The number of hydrogen-bond acceptors (Lipinski definition) is 3. The zero-order valence-electron chi connectivity index (χ0n) is 8.57. The van der Waals surface area contributed by atoms with Crippen molar-refractivity contribution in [2.24, 2.45) is 0 Å². The molecule has 4 nitrogen and oxygen atoms in total. The Kier molecular flexibility index (Phi) is 3.20. The zero-order valence-corrected chi connectivity index (χ0v) is 10.2. The molecule has 80 valence electrons. The summed E-state index contributed by atoms with van der Waals surface area (Å²) in [6.45, 7) is 3.10. The van der Waals surface area contributed by atoms with Crippen LogP contribution in [0.25, 0.3) is 5.65 Å². The molecule has 0 aliphatic rings. The normalized spacial score (nSPS) is 10.8. The maximum absolute atomic E-state index is 4.37. The summed E-state index contributed by atoms with van der Waals surface area (Å²) in [5.74, 6) is 0.836. The van der Waals surface area contributed by atoms with Crippen molar-refractivity contribution in [3.05, 3.63) is 23.2 Å². The average Bonchev–Trinajstić information content (AvgIpc) is 2.65. The van der Waals surface area contributed by atoms with Crippen molar-refractivity contribution in [3.8, 4) is 0 Å². The van der Waals surface area contributed by atoms with Crippen molar-refractivity contribution >= 4 is 27.4 Å². The Morgan fingerprint density at radius 1 is 1.53 bits per heavy atom. The van der Waals surface area contributed by atoms with Crippen LogP contribution in [-0.2, 0) is 0 Å². The van der Waals surface area contributed by atoms with Crippen LogP contribution >= 0.6 is 15.9 Å². The van der Waals surface area contributed by atoms with E-state index in [-0.39, 0.29) is 0 Å². The fourth-order valence-corrected chi connectivity index (χ4v) is 1.80. The predicted octanol–water partition coefficient (Wildman–Crippen LogP) is 2.70. The molecule has 15 heavy (non-hydrogen) atoms. The molecule has 2 rings (SSSR count). The molecular formula is C10H13BrN4. The van der Waals surface area contributed by atoms with Gasteiger partial charge >= 0.3 is 0 Å². The fourth-order valence-electron chi connectivity index (χ4n) is 1.40. The second kappa shape index (κ2) is 4.61. The van der Waals surface area contributed by atoms with E-state index in [1.165, 1.54) is 6.42 Å². The Bertz CT molecular complexity index is 452. The summed E-state index contributed by atoms with van der Waals surface area (Å²) in [4.78, 5) is 8.62. The molecule has 0 amide bonds. The minimum atomic E-state index is 0.812. The Balaban J connectivity index is 2.27. The molecule has 0 atom stereocenters. The topological polar surface area (TPSA) is 42.2 Å². The average molecular weight is 269 g/mol. The molecule has 0 aromatic carbocycles. The lowest BCUT2D eigenvalue weighted by Gasteiger charge is -2.06. The highest BCUT2D eigenvalue weighted by atomic mass is 79.9. The summed E-state index contributed by atoms with van der Waals surface area (Å²) in [6.07, 6.45) is 7.89. The molecule has 0 saturated carbocycles. The number of nitrogens with one attached hydrogen (secondary N) is 1. The van der Waals surface area contributed by atoms with Gasteiger partial charge in [-0.05, 0) is 22.4 Å². The van der Waals surface area contributed by atoms with Gasteiger partial charge in [0.25, 0.3) is 0 Å². The van der Waals surface area contributed by atoms with Crippen molar-refractivity contribution < 1.29 is 0 Å². The third kappa shape index (κ3) is 2.28. The van der Waals surface area contributed by atoms with Gasteiger partial charge in [0, 0.05) is 25.1 Å². The Morgan fingerprint density at radius 3 is 3.20 bits per heavy atom. The lowest BCUT2D eigenvalue weighted by Crippen LogP contribution is -2.05. The smallest absolute Gasteiger partial charge is 0.180 e. The van der Waals surface area contributed by atoms with Crippen LogP contribution in [-0.4, -0.2) is 20.9 Å². The summed E-state index contributed by atoms with van der Waals surface area (Å²) in [6, 6.07) is 0. The van der Waals surface area contributed by atoms with Crippen LogP contribution in [0.1, 0.15) is 19.8 Å². The molecule has 2 aromatic heterocycles. The van der Waals surface area contributed by atoms with E-state index in [0.29, 0.717) is 0 Å². The Hall–Kier alpha value is -1.10. The van der Waals surface area contributed by atoms with Gasteiger partial charge < -0.3 is 9.72 Å². The number of halogens is 1. The van der Waals surface area contributed by atoms with Gasteiger partial charge in [0.1, 0.15) is 4.60 Å². The number of unbranched alkanes of at least 4 members (excludes halogenated alkanes) is 1. The molecule has 2 aromatic rings. The van der Waals surface area contributed by atoms with Gasteiger partial charge in [-0.1, -0.05) is 13.3 Å². The summed E-state index contributed by atoms with van der Waals surface area (Å²) in [7, 11) is 0. The van der Waals surface area contributed by atoms with Crippen LogP contribution in [0.2, 0.25) is 0 Å². The highest BCUT2D eigenvalue weighted by Gasteiger charge is 2.04. The monoisotopic (exact) mass is 268 g/mol. The summed E-state index contributed by atoms with van der Waals surface area (Å²) >= 11 is 3.38. The van der Waals surface area contributed by atoms with Crippen molar-refractivity contribution in [2.75, 3.05) is 11.9 Å². The van der Waals surface area contributed by atoms with E-state index in [0.717, 1.165) is 29.0 Å². The molecule has 0 fully saturated rings. The predicted molar refractivity (Wildman–Crippen MR) is 64.1 cm³/mol. The molecule has 0 bridgehead atoms. The number of imidazole rings is 1. The third-order valence-electron chi connectivity index (χ3n) is 2.17. The lowest BCUT2D eigenvalue weighted by molar-refractivity contribution is 0.830. The number of fused-ring (bicyclic) bond motifs is 1. The van der Waals surface area contributed by atoms with Crippen molar-refractivity contribution in [1.29, 1.82) is 0 Å². The zero-order chi connectivity index (χ0) is 10.7. The molecule has 5 heteroatoms. The lowest BCUT2D eigenvalue weighted by atomic mass is 10.3. The highest BCUT2D eigenvalue weighted by molar-refractivity contribution is 9.10. The molecule has 0 aliphatic heterocycles. The minimum absolute atomic E-state index is 0.812. The highest BCUT2D eigenvalue weighted by Crippen LogP contribution is 2.16. The van der Waals surface area contributed by atoms with Gasteiger partial charge in [0.2, 0.25) is 0 Å². The largest absolute Gasteiger partial charge is 0.367 e.